The largest absolute Gasteiger partial charge is 0.352 e. The highest BCUT2D eigenvalue weighted by molar-refractivity contribution is 5.89. The SMILES string of the molecule is Cc1ccc(N2C[C@H](NC(=O)Nc3ccc(C(C)C)cc3)C3(CC3)C2)nn1. The van der Waals surface area contributed by atoms with Gasteiger partial charge < -0.3 is 15.5 Å². The number of aromatic nitrogens is 2. The van der Waals surface area contributed by atoms with Gasteiger partial charge in [0, 0.05) is 24.2 Å². The number of aryl methyl sites for hydroxylation is 1. The summed E-state index contributed by atoms with van der Waals surface area (Å²) >= 11 is 0. The lowest BCUT2D eigenvalue weighted by Crippen LogP contribution is -2.43. The van der Waals surface area contributed by atoms with Gasteiger partial charge in [-0.15, -0.1) is 5.10 Å². The van der Waals surface area contributed by atoms with Gasteiger partial charge in [0.1, 0.15) is 0 Å². The molecule has 4 rings (SSSR count). The van der Waals surface area contributed by atoms with Gasteiger partial charge in [0.25, 0.3) is 0 Å². The molecule has 0 radical (unpaired) electrons. The van der Waals surface area contributed by atoms with Gasteiger partial charge in [-0.05, 0) is 55.5 Å². The Balaban J connectivity index is 1.38. The third-order valence-corrected chi connectivity index (χ3v) is 5.79. The third kappa shape index (κ3) is 3.75. The van der Waals surface area contributed by atoms with E-state index < -0.39 is 0 Å². The summed E-state index contributed by atoms with van der Waals surface area (Å²) in [6, 6.07) is 12.0. The zero-order valence-electron chi connectivity index (χ0n) is 16.2. The molecule has 142 valence electrons. The molecule has 1 aliphatic heterocycles. The summed E-state index contributed by atoms with van der Waals surface area (Å²) in [6.45, 7) is 7.96. The molecule has 6 heteroatoms. The van der Waals surface area contributed by atoms with E-state index >= 15 is 0 Å². The fraction of sp³-hybridized carbons (Fsp3) is 0.476. The molecule has 1 aliphatic carbocycles. The summed E-state index contributed by atoms with van der Waals surface area (Å²) < 4.78 is 0. The second-order valence-electron chi connectivity index (χ2n) is 8.20. The molecule has 6 nitrogen and oxygen atoms in total. The van der Waals surface area contributed by atoms with E-state index in [0.29, 0.717) is 5.92 Å². The number of carbonyl (C=O) groups is 1. The normalized spacial score (nSPS) is 20.1. The maximum absolute atomic E-state index is 12.5. The number of hydrogen-bond donors (Lipinski definition) is 2. The first-order valence-electron chi connectivity index (χ1n) is 9.68. The monoisotopic (exact) mass is 365 g/mol. The maximum atomic E-state index is 12.5. The average molecular weight is 365 g/mol. The van der Waals surface area contributed by atoms with Crippen molar-refractivity contribution in [2.24, 2.45) is 5.41 Å². The first-order valence-corrected chi connectivity index (χ1v) is 9.68. The second kappa shape index (κ2) is 6.83. The highest BCUT2D eigenvalue weighted by Gasteiger charge is 2.55. The number of amides is 2. The molecule has 2 N–H and O–H groups in total. The van der Waals surface area contributed by atoms with Crippen LogP contribution in [0.4, 0.5) is 16.3 Å². The molecule has 1 saturated heterocycles. The summed E-state index contributed by atoms with van der Waals surface area (Å²) in [4.78, 5) is 14.8. The molecule has 1 aromatic heterocycles. The minimum Gasteiger partial charge on any atom is -0.352 e. The molecule has 1 spiro atoms. The summed E-state index contributed by atoms with van der Waals surface area (Å²) in [6.07, 6.45) is 2.30. The molecular weight excluding hydrogens is 338 g/mol. The summed E-state index contributed by atoms with van der Waals surface area (Å²) in [7, 11) is 0. The molecular formula is C21H27N5O. The van der Waals surface area contributed by atoms with Crippen LogP contribution in [-0.4, -0.2) is 35.4 Å². The van der Waals surface area contributed by atoms with Gasteiger partial charge in [-0.25, -0.2) is 4.79 Å². The highest BCUT2D eigenvalue weighted by atomic mass is 16.2. The first kappa shape index (κ1) is 17.8. The molecule has 2 heterocycles. The van der Waals surface area contributed by atoms with Crippen LogP contribution in [-0.2, 0) is 0 Å². The van der Waals surface area contributed by atoms with Gasteiger partial charge in [0.2, 0.25) is 0 Å². The van der Waals surface area contributed by atoms with Gasteiger partial charge >= 0.3 is 6.03 Å². The molecule has 27 heavy (non-hydrogen) atoms. The van der Waals surface area contributed by atoms with Crippen molar-refractivity contribution >= 4 is 17.5 Å². The Bertz CT molecular complexity index is 811. The van der Waals surface area contributed by atoms with Crippen LogP contribution in [0.25, 0.3) is 0 Å². The van der Waals surface area contributed by atoms with Gasteiger partial charge in [0.15, 0.2) is 5.82 Å². The quantitative estimate of drug-likeness (QED) is 0.867. The smallest absolute Gasteiger partial charge is 0.319 e. The van der Waals surface area contributed by atoms with Crippen LogP contribution in [0.15, 0.2) is 36.4 Å². The van der Waals surface area contributed by atoms with Crippen LogP contribution in [0.1, 0.15) is 43.9 Å². The fourth-order valence-corrected chi connectivity index (χ4v) is 3.85. The van der Waals surface area contributed by atoms with E-state index in [1.54, 1.807) is 0 Å². The van der Waals surface area contributed by atoms with Crippen LogP contribution in [0, 0.1) is 12.3 Å². The third-order valence-electron chi connectivity index (χ3n) is 5.79. The molecule has 1 atom stereocenters. The van der Waals surface area contributed by atoms with Crippen molar-refractivity contribution in [2.75, 3.05) is 23.3 Å². The van der Waals surface area contributed by atoms with E-state index in [2.05, 4.69) is 51.7 Å². The topological polar surface area (TPSA) is 70.2 Å². The lowest BCUT2D eigenvalue weighted by atomic mass is 10.0. The Labute approximate surface area is 160 Å². The molecule has 2 aromatic rings. The molecule has 2 aliphatic rings. The highest BCUT2D eigenvalue weighted by Crippen LogP contribution is 2.53. The van der Waals surface area contributed by atoms with Crippen molar-refractivity contribution in [3.8, 4) is 0 Å². The molecule has 1 aromatic carbocycles. The number of hydrogen-bond acceptors (Lipinski definition) is 4. The van der Waals surface area contributed by atoms with E-state index in [0.717, 1.165) is 43.1 Å². The van der Waals surface area contributed by atoms with Gasteiger partial charge in [-0.1, -0.05) is 26.0 Å². The lowest BCUT2D eigenvalue weighted by molar-refractivity contribution is 0.245. The maximum Gasteiger partial charge on any atom is 0.319 e. The van der Waals surface area contributed by atoms with E-state index in [9.17, 15) is 4.79 Å². The average Bonchev–Trinajstić information content (AvgIpc) is 3.33. The number of anilines is 2. The zero-order valence-corrected chi connectivity index (χ0v) is 16.2. The van der Waals surface area contributed by atoms with Crippen molar-refractivity contribution in [1.82, 2.24) is 15.5 Å². The van der Waals surface area contributed by atoms with Crippen LogP contribution >= 0.6 is 0 Å². The van der Waals surface area contributed by atoms with Crippen molar-refractivity contribution in [2.45, 2.75) is 45.6 Å². The zero-order chi connectivity index (χ0) is 19.0. The Morgan fingerprint density at radius 1 is 1.15 bits per heavy atom. The lowest BCUT2D eigenvalue weighted by Gasteiger charge is -2.19. The Hall–Kier alpha value is -2.63. The van der Waals surface area contributed by atoms with Crippen molar-refractivity contribution in [3.05, 3.63) is 47.7 Å². The minimum absolute atomic E-state index is 0.135. The standard InChI is InChI=1S/C21H27N5O/c1-14(2)16-5-7-17(8-6-16)22-20(27)23-18-12-26(13-21(18)10-11-21)19-9-4-15(3)24-25-19/h4-9,14,18H,10-13H2,1-3H3,(H2,22,23,27)/t18-/m0/s1. The summed E-state index contributed by atoms with van der Waals surface area (Å²) in [5.74, 6) is 1.37. The van der Waals surface area contributed by atoms with Crippen LogP contribution in [0.2, 0.25) is 0 Å². The number of carbonyl (C=O) groups excluding carboxylic acids is 1. The Morgan fingerprint density at radius 3 is 2.48 bits per heavy atom. The van der Waals surface area contributed by atoms with Crippen LogP contribution in [0.3, 0.4) is 0 Å². The molecule has 0 unspecified atom stereocenters. The Morgan fingerprint density at radius 2 is 1.89 bits per heavy atom. The van der Waals surface area contributed by atoms with E-state index in [1.807, 2.05) is 31.2 Å². The number of benzene rings is 1. The number of nitrogens with one attached hydrogen (secondary N) is 2. The summed E-state index contributed by atoms with van der Waals surface area (Å²) in [5.41, 5.74) is 3.19. The number of urea groups is 1. The van der Waals surface area contributed by atoms with Crippen LogP contribution in [0.5, 0.6) is 0 Å². The van der Waals surface area contributed by atoms with Crippen molar-refractivity contribution < 1.29 is 4.79 Å². The van der Waals surface area contributed by atoms with E-state index in [-0.39, 0.29) is 17.5 Å². The predicted molar refractivity (Wildman–Crippen MR) is 107 cm³/mol. The fourth-order valence-electron chi connectivity index (χ4n) is 3.85. The second-order valence-corrected chi connectivity index (χ2v) is 8.20. The predicted octanol–water partition coefficient (Wildman–Crippen LogP) is 3.70. The number of rotatable bonds is 4. The molecule has 1 saturated carbocycles. The van der Waals surface area contributed by atoms with Gasteiger partial charge in [0.05, 0.1) is 11.7 Å². The van der Waals surface area contributed by atoms with Gasteiger partial charge in [-0.3, -0.25) is 0 Å². The molecule has 0 bridgehead atoms. The van der Waals surface area contributed by atoms with Crippen molar-refractivity contribution in [3.63, 3.8) is 0 Å². The van der Waals surface area contributed by atoms with Crippen LogP contribution < -0.4 is 15.5 Å². The van der Waals surface area contributed by atoms with Gasteiger partial charge in [-0.2, -0.15) is 5.10 Å². The van der Waals surface area contributed by atoms with E-state index in [4.69, 9.17) is 0 Å². The number of nitrogens with zero attached hydrogens (tertiary/aromatic N) is 3. The van der Waals surface area contributed by atoms with Crippen molar-refractivity contribution in [1.29, 1.82) is 0 Å². The van der Waals surface area contributed by atoms with E-state index in [1.165, 1.54) is 5.56 Å². The Kier molecular flexibility index (Phi) is 4.50. The first-order chi connectivity index (χ1) is 12.9. The molecule has 2 amide bonds. The minimum atomic E-state index is -0.139. The molecule has 2 fully saturated rings. The summed E-state index contributed by atoms with van der Waals surface area (Å²) in [5, 5.41) is 14.6.